The number of allylic oxidation sites excluding steroid dienone is 2. The van der Waals surface area contributed by atoms with Gasteiger partial charge in [-0.1, -0.05) is 31.9 Å². The van der Waals surface area contributed by atoms with Crippen LogP contribution in [0.2, 0.25) is 0 Å². The summed E-state index contributed by atoms with van der Waals surface area (Å²) in [5, 5.41) is 9.73. The summed E-state index contributed by atoms with van der Waals surface area (Å²) in [7, 11) is 1.53. The number of rotatable bonds is 2. The number of carbonyl (C=O) groups excluding carboxylic acids is 1. The summed E-state index contributed by atoms with van der Waals surface area (Å²) in [6.45, 7) is 6.99. The molecule has 23 heavy (non-hydrogen) atoms. The van der Waals surface area contributed by atoms with E-state index in [1.165, 1.54) is 13.5 Å². The van der Waals surface area contributed by atoms with Gasteiger partial charge in [-0.2, -0.15) is 0 Å². The zero-order valence-electron chi connectivity index (χ0n) is 15.2. The fourth-order valence-electron chi connectivity index (χ4n) is 6.10. The van der Waals surface area contributed by atoms with Crippen LogP contribution >= 0.6 is 0 Å². The van der Waals surface area contributed by atoms with Crippen molar-refractivity contribution < 1.29 is 14.6 Å². The van der Waals surface area contributed by atoms with E-state index < -0.39 is 0 Å². The van der Waals surface area contributed by atoms with E-state index in [2.05, 4.69) is 26.8 Å². The normalized spacial score (nSPS) is 46.4. The number of carbonyl (C=O) groups is 1. The molecule has 3 aliphatic carbocycles. The maximum Gasteiger partial charge on any atom is 0.311 e. The Labute approximate surface area is 140 Å². The Morgan fingerprint density at radius 3 is 2.70 bits per heavy atom. The van der Waals surface area contributed by atoms with Crippen LogP contribution in [0.1, 0.15) is 65.7 Å². The van der Waals surface area contributed by atoms with Crippen molar-refractivity contribution in [2.45, 2.75) is 65.7 Å². The smallest absolute Gasteiger partial charge is 0.311 e. The van der Waals surface area contributed by atoms with Gasteiger partial charge in [0.25, 0.3) is 0 Å². The molecule has 0 aromatic heterocycles. The van der Waals surface area contributed by atoms with E-state index in [-0.39, 0.29) is 28.8 Å². The van der Waals surface area contributed by atoms with E-state index in [0.717, 1.165) is 38.5 Å². The van der Waals surface area contributed by atoms with Crippen LogP contribution in [0, 0.1) is 28.1 Å². The quantitative estimate of drug-likeness (QED) is 0.615. The van der Waals surface area contributed by atoms with Crippen molar-refractivity contribution in [1.82, 2.24) is 0 Å². The third-order valence-electron chi connectivity index (χ3n) is 7.42. The third kappa shape index (κ3) is 2.47. The third-order valence-corrected chi connectivity index (χ3v) is 7.42. The number of hydrogen-bond donors (Lipinski definition) is 1. The lowest BCUT2D eigenvalue weighted by molar-refractivity contribution is -0.164. The highest BCUT2D eigenvalue weighted by molar-refractivity contribution is 5.77. The summed E-state index contributed by atoms with van der Waals surface area (Å²) in [5.74, 6) is 0.947. The van der Waals surface area contributed by atoms with Crippen LogP contribution in [-0.4, -0.2) is 24.8 Å². The molecule has 5 atom stereocenters. The van der Waals surface area contributed by atoms with Crippen molar-refractivity contribution >= 4 is 5.97 Å². The molecule has 3 rings (SSSR count). The summed E-state index contributed by atoms with van der Waals surface area (Å²) in [5.41, 5.74) is 1.40. The average Bonchev–Trinajstić information content (AvgIpc) is 2.53. The minimum Gasteiger partial charge on any atom is -0.469 e. The molecule has 130 valence electrons. The molecule has 0 saturated heterocycles. The monoisotopic (exact) mass is 320 g/mol. The summed E-state index contributed by atoms with van der Waals surface area (Å²) in [6.07, 6.45) is 9.95. The number of esters is 1. The van der Waals surface area contributed by atoms with Gasteiger partial charge in [-0.25, -0.2) is 0 Å². The highest BCUT2D eigenvalue weighted by Gasteiger charge is 2.58. The van der Waals surface area contributed by atoms with Crippen molar-refractivity contribution in [3.8, 4) is 0 Å². The van der Waals surface area contributed by atoms with Crippen molar-refractivity contribution in [3.05, 3.63) is 11.6 Å². The van der Waals surface area contributed by atoms with E-state index in [1.807, 2.05) is 0 Å². The molecule has 0 bridgehead atoms. The van der Waals surface area contributed by atoms with Crippen molar-refractivity contribution in [1.29, 1.82) is 0 Å². The standard InChI is InChI=1S/C20H32O3/c1-18(13-21)11-8-15-14(12-18)6-7-16-19(15,2)9-5-10-20(16,3)17(22)23-4/h8,14,16,21H,5-7,9-13H2,1-4H3/t14?,16-,18+,19-,20+/m0/s1. The predicted octanol–water partition coefficient (Wildman–Crippen LogP) is 4.10. The minimum atomic E-state index is -0.342. The predicted molar refractivity (Wildman–Crippen MR) is 90.8 cm³/mol. The van der Waals surface area contributed by atoms with Crippen molar-refractivity contribution in [2.75, 3.05) is 13.7 Å². The van der Waals surface area contributed by atoms with Gasteiger partial charge in [0.15, 0.2) is 0 Å². The lowest BCUT2D eigenvalue weighted by atomic mass is 9.46. The summed E-state index contributed by atoms with van der Waals surface area (Å²) in [6, 6.07) is 0. The molecule has 0 spiro atoms. The Hall–Kier alpha value is -0.830. The van der Waals surface area contributed by atoms with E-state index >= 15 is 0 Å². The van der Waals surface area contributed by atoms with Crippen LogP contribution in [0.4, 0.5) is 0 Å². The van der Waals surface area contributed by atoms with Gasteiger partial charge in [0.2, 0.25) is 0 Å². The number of fused-ring (bicyclic) bond motifs is 3. The SMILES string of the molecule is COC(=O)[C@]1(C)CCC[C@@]2(C)C3=CC[C@@](C)(CO)CC3CC[C@H]12. The number of ether oxygens (including phenoxy) is 1. The van der Waals surface area contributed by atoms with Gasteiger partial charge in [-0.05, 0) is 68.1 Å². The molecule has 0 aromatic carbocycles. The van der Waals surface area contributed by atoms with Gasteiger partial charge < -0.3 is 9.84 Å². The highest BCUT2D eigenvalue weighted by Crippen LogP contribution is 2.63. The molecule has 0 heterocycles. The highest BCUT2D eigenvalue weighted by atomic mass is 16.5. The molecule has 0 aromatic rings. The Balaban J connectivity index is 1.96. The van der Waals surface area contributed by atoms with E-state index in [0.29, 0.717) is 11.8 Å². The van der Waals surface area contributed by atoms with Crippen LogP contribution in [0.25, 0.3) is 0 Å². The van der Waals surface area contributed by atoms with Gasteiger partial charge in [0.1, 0.15) is 0 Å². The van der Waals surface area contributed by atoms with Crippen LogP contribution in [0.5, 0.6) is 0 Å². The summed E-state index contributed by atoms with van der Waals surface area (Å²) < 4.78 is 5.18. The molecular formula is C20H32O3. The molecule has 3 heteroatoms. The van der Waals surface area contributed by atoms with Crippen LogP contribution < -0.4 is 0 Å². The minimum absolute atomic E-state index is 0.0246. The lowest BCUT2D eigenvalue weighted by Gasteiger charge is -2.58. The molecule has 2 fully saturated rings. The maximum absolute atomic E-state index is 12.5. The first-order valence-corrected chi connectivity index (χ1v) is 9.19. The second-order valence-electron chi connectivity index (χ2n) is 9.04. The van der Waals surface area contributed by atoms with Gasteiger partial charge in [-0.3, -0.25) is 4.79 Å². The second-order valence-corrected chi connectivity index (χ2v) is 9.04. The zero-order chi connectivity index (χ0) is 16.9. The fraction of sp³-hybridized carbons (Fsp3) is 0.850. The second kappa shape index (κ2) is 5.61. The molecule has 3 nitrogen and oxygen atoms in total. The molecule has 0 amide bonds. The lowest BCUT2D eigenvalue weighted by Crippen LogP contribution is -2.53. The topological polar surface area (TPSA) is 46.5 Å². The Morgan fingerprint density at radius 2 is 2.04 bits per heavy atom. The first-order chi connectivity index (χ1) is 10.8. The van der Waals surface area contributed by atoms with Crippen LogP contribution in [-0.2, 0) is 9.53 Å². The van der Waals surface area contributed by atoms with E-state index in [4.69, 9.17) is 4.74 Å². The Bertz CT molecular complexity index is 525. The maximum atomic E-state index is 12.5. The molecule has 2 saturated carbocycles. The average molecular weight is 320 g/mol. The first-order valence-electron chi connectivity index (χ1n) is 9.19. The van der Waals surface area contributed by atoms with Gasteiger partial charge in [0.05, 0.1) is 12.5 Å². The zero-order valence-corrected chi connectivity index (χ0v) is 15.2. The molecule has 3 aliphatic rings. The van der Waals surface area contributed by atoms with Gasteiger partial charge >= 0.3 is 5.97 Å². The Morgan fingerprint density at radius 1 is 1.30 bits per heavy atom. The van der Waals surface area contributed by atoms with Crippen LogP contribution in [0.3, 0.4) is 0 Å². The van der Waals surface area contributed by atoms with E-state index in [1.54, 1.807) is 5.57 Å². The molecule has 1 unspecified atom stereocenters. The van der Waals surface area contributed by atoms with Gasteiger partial charge in [0, 0.05) is 6.61 Å². The summed E-state index contributed by atoms with van der Waals surface area (Å²) >= 11 is 0. The first kappa shape index (κ1) is 17.0. The van der Waals surface area contributed by atoms with Gasteiger partial charge in [-0.15, -0.1) is 0 Å². The molecular weight excluding hydrogens is 288 g/mol. The number of aliphatic hydroxyl groups is 1. The largest absolute Gasteiger partial charge is 0.469 e. The Kier molecular flexibility index (Phi) is 4.15. The number of methoxy groups -OCH3 is 1. The molecule has 0 radical (unpaired) electrons. The number of hydrogen-bond acceptors (Lipinski definition) is 3. The van der Waals surface area contributed by atoms with Crippen LogP contribution in [0.15, 0.2) is 11.6 Å². The number of aliphatic hydroxyl groups excluding tert-OH is 1. The van der Waals surface area contributed by atoms with Crippen molar-refractivity contribution in [2.24, 2.45) is 28.1 Å². The fourth-order valence-corrected chi connectivity index (χ4v) is 6.10. The molecule has 0 aliphatic heterocycles. The van der Waals surface area contributed by atoms with E-state index in [9.17, 15) is 9.90 Å². The molecule has 1 N–H and O–H groups in total. The van der Waals surface area contributed by atoms with Crippen molar-refractivity contribution in [3.63, 3.8) is 0 Å². The summed E-state index contributed by atoms with van der Waals surface area (Å²) in [4.78, 5) is 12.5.